The number of carbonyl (C=O) groups is 1. The molecule has 1 atom stereocenters. The third-order valence-electron chi connectivity index (χ3n) is 6.63. The lowest BCUT2D eigenvalue weighted by atomic mass is 9.95. The topological polar surface area (TPSA) is 40.5 Å². The van der Waals surface area contributed by atoms with E-state index >= 15 is 0 Å². The highest BCUT2D eigenvalue weighted by atomic mass is 35.5. The van der Waals surface area contributed by atoms with E-state index < -0.39 is 12.0 Å². The van der Waals surface area contributed by atoms with Crippen LogP contribution in [0.4, 0.5) is 0 Å². The second-order valence-corrected chi connectivity index (χ2v) is 9.25. The maximum absolute atomic E-state index is 11.6. The highest BCUT2D eigenvalue weighted by molar-refractivity contribution is 6.32. The molecule has 33 heavy (non-hydrogen) atoms. The largest absolute Gasteiger partial charge is 0.480 e. The van der Waals surface area contributed by atoms with Gasteiger partial charge in [0.25, 0.3) is 0 Å². The minimum absolute atomic E-state index is 0.406. The number of hydrogen-bond donors (Lipinski definition) is 1. The summed E-state index contributed by atoms with van der Waals surface area (Å²) in [5.41, 5.74) is 8.01. The van der Waals surface area contributed by atoms with Crippen LogP contribution in [0.15, 0.2) is 60.7 Å². The van der Waals surface area contributed by atoms with Crippen molar-refractivity contribution >= 4 is 29.7 Å². The Kier molecular flexibility index (Phi) is 7.32. The van der Waals surface area contributed by atoms with Gasteiger partial charge in [0.05, 0.1) is 0 Å². The Morgan fingerprint density at radius 1 is 1.03 bits per heavy atom. The second-order valence-electron chi connectivity index (χ2n) is 8.84. The van der Waals surface area contributed by atoms with Crippen molar-refractivity contribution in [1.29, 1.82) is 0 Å². The van der Waals surface area contributed by atoms with E-state index in [1.807, 2.05) is 12.1 Å². The van der Waals surface area contributed by atoms with Crippen molar-refractivity contribution in [1.82, 2.24) is 4.90 Å². The number of halogens is 1. The van der Waals surface area contributed by atoms with Gasteiger partial charge in [0.2, 0.25) is 0 Å². The van der Waals surface area contributed by atoms with Gasteiger partial charge >= 0.3 is 5.97 Å². The summed E-state index contributed by atoms with van der Waals surface area (Å²) >= 11 is 6.67. The minimum atomic E-state index is -0.730. The van der Waals surface area contributed by atoms with Crippen LogP contribution in [0.2, 0.25) is 5.02 Å². The van der Waals surface area contributed by atoms with Gasteiger partial charge in [0.15, 0.2) is 0 Å². The number of benzene rings is 3. The van der Waals surface area contributed by atoms with E-state index in [-0.39, 0.29) is 0 Å². The lowest BCUT2D eigenvalue weighted by Gasteiger charge is -2.33. The Balaban J connectivity index is 1.56. The Morgan fingerprint density at radius 2 is 1.79 bits per heavy atom. The summed E-state index contributed by atoms with van der Waals surface area (Å²) in [7, 11) is 0. The normalized spacial score (nSPS) is 16.9. The molecule has 4 rings (SSSR count). The molecular weight excluding hydrogens is 430 g/mol. The van der Waals surface area contributed by atoms with Crippen molar-refractivity contribution in [3.05, 3.63) is 93.5 Å². The molecule has 170 valence electrons. The highest BCUT2D eigenvalue weighted by Gasteiger charge is 2.28. The molecule has 1 N–H and O–H groups in total. The lowest BCUT2D eigenvalue weighted by molar-refractivity contribution is -0.144. The summed E-state index contributed by atoms with van der Waals surface area (Å²) in [6.45, 7) is 5.65. The predicted molar refractivity (Wildman–Crippen MR) is 137 cm³/mol. The summed E-state index contributed by atoms with van der Waals surface area (Å²) in [5.74, 6) is -0.730. The molecule has 0 spiro atoms. The number of aryl methyl sites for hydroxylation is 1. The van der Waals surface area contributed by atoms with Gasteiger partial charge in [-0.25, -0.2) is 0 Å². The van der Waals surface area contributed by atoms with Crippen molar-refractivity contribution in [3.8, 4) is 11.1 Å². The van der Waals surface area contributed by atoms with Crippen molar-refractivity contribution in [3.63, 3.8) is 0 Å². The minimum Gasteiger partial charge on any atom is -0.480 e. The van der Waals surface area contributed by atoms with Gasteiger partial charge < -0.3 is 5.11 Å². The van der Waals surface area contributed by atoms with Crippen molar-refractivity contribution in [2.45, 2.75) is 45.7 Å². The van der Waals surface area contributed by atoms with Gasteiger partial charge in [-0.15, -0.1) is 0 Å². The van der Waals surface area contributed by atoms with Gasteiger partial charge in [0.1, 0.15) is 6.04 Å². The van der Waals surface area contributed by atoms with Gasteiger partial charge in [-0.05, 0) is 78.2 Å². The smallest absolute Gasteiger partial charge is 0.320 e. The average Bonchev–Trinajstić information content (AvgIpc) is 2.82. The van der Waals surface area contributed by atoms with Crippen molar-refractivity contribution < 1.29 is 9.90 Å². The third-order valence-corrected chi connectivity index (χ3v) is 6.96. The number of rotatable bonds is 6. The van der Waals surface area contributed by atoms with Gasteiger partial charge in [-0.3, -0.25) is 9.69 Å². The molecule has 4 heteroatoms. The molecule has 0 aliphatic carbocycles. The van der Waals surface area contributed by atoms with Crippen LogP contribution in [-0.4, -0.2) is 28.6 Å². The van der Waals surface area contributed by atoms with Crippen LogP contribution in [0.3, 0.4) is 0 Å². The van der Waals surface area contributed by atoms with Gasteiger partial charge in [-0.2, -0.15) is 0 Å². The molecule has 1 saturated heterocycles. The fourth-order valence-corrected chi connectivity index (χ4v) is 4.92. The first-order valence-corrected chi connectivity index (χ1v) is 11.9. The van der Waals surface area contributed by atoms with Crippen molar-refractivity contribution in [2.24, 2.45) is 0 Å². The number of carboxylic acid groups (broad SMARTS) is 1. The maximum atomic E-state index is 11.6. The molecule has 0 aromatic heterocycles. The summed E-state index contributed by atoms with van der Waals surface area (Å²) in [6.07, 6.45) is 6.91. The van der Waals surface area contributed by atoms with E-state index in [1.165, 1.54) is 16.7 Å². The van der Waals surface area contributed by atoms with Crippen LogP contribution >= 0.6 is 11.6 Å². The van der Waals surface area contributed by atoms with E-state index in [0.717, 1.165) is 41.6 Å². The quantitative estimate of drug-likeness (QED) is 0.395. The highest BCUT2D eigenvalue weighted by Crippen LogP contribution is 2.29. The molecule has 1 heterocycles. The molecule has 0 saturated carbocycles. The maximum Gasteiger partial charge on any atom is 0.320 e. The lowest BCUT2D eigenvalue weighted by Crippen LogP contribution is -2.44. The molecule has 3 nitrogen and oxygen atoms in total. The summed E-state index contributed by atoms with van der Waals surface area (Å²) in [5, 5.41) is 10.3. The van der Waals surface area contributed by atoms with E-state index in [4.69, 9.17) is 11.6 Å². The zero-order valence-electron chi connectivity index (χ0n) is 19.2. The molecular formula is C29H30ClNO2. The predicted octanol–water partition coefficient (Wildman–Crippen LogP) is 7.23. The number of hydrogen-bond acceptors (Lipinski definition) is 2. The second kappa shape index (κ2) is 10.4. The molecule has 3 aromatic carbocycles. The SMILES string of the molecule is Cc1cc(C=Cc2cccc(-c3ccccc3)c2C)c(Cl)cc1CN1CCCCC1C(=O)O. The zero-order valence-corrected chi connectivity index (χ0v) is 20.0. The standard InChI is InChI=1S/C29H30ClNO2/c1-20-17-24(27(30)18-25(20)19-31-16-7-6-13-28(31)29(32)33)15-14-22-11-8-12-26(21(22)2)23-9-4-3-5-10-23/h3-5,8-12,14-15,17-18,28H,6-7,13,16,19H2,1-2H3,(H,32,33). The number of aliphatic carboxylic acids is 1. The summed E-state index contributed by atoms with van der Waals surface area (Å²) in [6, 6.07) is 20.5. The summed E-state index contributed by atoms with van der Waals surface area (Å²) < 4.78 is 0. The fourth-order valence-electron chi connectivity index (χ4n) is 4.67. The van der Waals surface area contributed by atoms with E-state index in [1.54, 1.807) is 0 Å². The van der Waals surface area contributed by atoms with Crippen LogP contribution in [0.1, 0.15) is 47.1 Å². The van der Waals surface area contributed by atoms with E-state index in [9.17, 15) is 9.90 Å². The Hall–Kier alpha value is -2.88. The Labute approximate surface area is 201 Å². The number of likely N-dealkylation sites (tertiary alicyclic amines) is 1. The van der Waals surface area contributed by atoms with Gasteiger partial charge in [-0.1, -0.05) is 84.8 Å². The third kappa shape index (κ3) is 5.38. The van der Waals surface area contributed by atoms with Crippen LogP contribution in [0, 0.1) is 13.8 Å². The molecule has 1 aliphatic heterocycles. The molecule has 0 bridgehead atoms. The first-order valence-electron chi connectivity index (χ1n) is 11.5. The first kappa shape index (κ1) is 23.3. The first-order chi connectivity index (χ1) is 15.9. The molecule has 3 aromatic rings. The summed E-state index contributed by atoms with van der Waals surface area (Å²) in [4.78, 5) is 13.7. The Morgan fingerprint density at radius 3 is 2.55 bits per heavy atom. The Bertz CT molecular complexity index is 1170. The number of nitrogens with zero attached hydrogens (tertiary/aromatic N) is 1. The van der Waals surface area contributed by atoms with Crippen LogP contribution < -0.4 is 0 Å². The molecule has 1 unspecified atom stereocenters. The molecule has 1 fully saturated rings. The van der Waals surface area contributed by atoms with E-state index in [2.05, 4.69) is 79.4 Å². The monoisotopic (exact) mass is 459 g/mol. The number of piperidine rings is 1. The number of carboxylic acids is 1. The fraction of sp³-hybridized carbons (Fsp3) is 0.276. The average molecular weight is 460 g/mol. The van der Waals surface area contributed by atoms with Crippen LogP contribution in [-0.2, 0) is 11.3 Å². The molecule has 0 amide bonds. The zero-order chi connectivity index (χ0) is 23.4. The van der Waals surface area contributed by atoms with E-state index in [0.29, 0.717) is 18.0 Å². The molecule has 0 radical (unpaired) electrons. The van der Waals surface area contributed by atoms with Crippen molar-refractivity contribution in [2.75, 3.05) is 6.54 Å². The molecule has 1 aliphatic rings. The van der Waals surface area contributed by atoms with Gasteiger partial charge in [0, 0.05) is 11.6 Å². The van der Waals surface area contributed by atoms with Crippen LogP contribution in [0.5, 0.6) is 0 Å². The van der Waals surface area contributed by atoms with Crippen LogP contribution in [0.25, 0.3) is 23.3 Å².